The third-order valence-electron chi connectivity index (χ3n) is 4.52. The number of rotatable bonds is 10. The topological polar surface area (TPSA) is 54.9 Å². The van der Waals surface area contributed by atoms with E-state index in [0.717, 1.165) is 36.7 Å². The molecule has 0 fully saturated rings. The number of nitrogens with one attached hydrogen (secondary N) is 2. The SMILES string of the molecule is CN=C(NCCC1=CCCC1)NCc1ccc(C)cc1OCCCOC.I. The Morgan fingerprint density at radius 2 is 2.07 bits per heavy atom. The first kappa shape index (κ1) is 23.8. The zero-order valence-electron chi connectivity index (χ0n) is 16.8. The number of methoxy groups -OCH3 is 1. The molecule has 0 aliphatic heterocycles. The fraction of sp³-hybridized carbons (Fsp3) is 0.571. The van der Waals surface area contributed by atoms with E-state index in [1.54, 1.807) is 12.7 Å². The molecule has 2 rings (SSSR count). The molecule has 0 atom stereocenters. The van der Waals surface area contributed by atoms with Crippen molar-refractivity contribution in [1.29, 1.82) is 0 Å². The van der Waals surface area contributed by atoms with Crippen molar-refractivity contribution >= 4 is 29.9 Å². The molecular formula is C21H34IN3O2. The van der Waals surface area contributed by atoms with E-state index in [-0.39, 0.29) is 24.0 Å². The summed E-state index contributed by atoms with van der Waals surface area (Å²) in [5.74, 6) is 1.76. The van der Waals surface area contributed by atoms with Crippen molar-refractivity contribution in [3.05, 3.63) is 41.0 Å². The number of halogens is 1. The van der Waals surface area contributed by atoms with E-state index in [1.807, 2.05) is 7.05 Å². The molecule has 27 heavy (non-hydrogen) atoms. The van der Waals surface area contributed by atoms with Gasteiger partial charge in [0.05, 0.1) is 6.61 Å². The Morgan fingerprint density at radius 1 is 1.22 bits per heavy atom. The maximum Gasteiger partial charge on any atom is 0.191 e. The first-order valence-electron chi connectivity index (χ1n) is 9.56. The average molecular weight is 487 g/mol. The molecule has 0 aromatic heterocycles. The molecule has 0 saturated carbocycles. The van der Waals surface area contributed by atoms with Crippen LogP contribution in [0, 0.1) is 6.92 Å². The van der Waals surface area contributed by atoms with Gasteiger partial charge in [-0.1, -0.05) is 23.8 Å². The maximum atomic E-state index is 5.95. The molecule has 2 N–H and O–H groups in total. The van der Waals surface area contributed by atoms with E-state index in [0.29, 0.717) is 19.8 Å². The quantitative estimate of drug-likeness (QED) is 0.171. The van der Waals surface area contributed by atoms with E-state index >= 15 is 0 Å². The molecule has 0 saturated heterocycles. The van der Waals surface area contributed by atoms with Gasteiger partial charge in [0.25, 0.3) is 0 Å². The molecule has 0 bridgehead atoms. The molecule has 6 heteroatoms. The van der Waals surface area contributed by atoms with Crippen LogP contribution in [0.1, 0.15) is 43.2 Å². The highest BCUT2D eigenvalue weighted by Gasteiger charge is 2.07. The highest BCUT2D eigenvalue weighted by atomic mass is 127. The summed E-state index contributed by atoms with van der Waals surface area (Å²) >= 11 is 0. The van der Waals surface area contributed by atoms with Gasteiger partial charge in [-0.15, -0.1) is 24.0 Å². The standard InChI is InChI=1S/C21H33N3O2.HI/c1-17-9-10-19(20(15-17)26-14-6-13-25-3)16-24-21(22-2)23-12-11-18-7-4-5-8-18;/h7,9-10,15H,4-6,8,11-14,16H2,1-3H3,(H2,22,23,24);1H. The van der Waals surface area contributed by atoms with Gasteiger partial charge in [0, 0.05) is 45.8 Å². The fourth-order valence-corrected chi connectivity index (χ4v) is 3.03. The van der Waals surface area contributed by atoms with Crippen LogP contribution in [-0.4, -0.2) is 39.9 Å². The number of benzene rings is 1. The first-order chi connectivity index (χ1) is 12.7. The van der Waals surface area contributed by atoms with Crippen molar-refractivity contribution in [3.8, 4) is 5.75 Å². The minimum absolute atomic E-state index is 0. The molecular weight excluding hydrogens is 453 g/mol. The van der Waals surface area contributed by atoms with Gasteiger partial charge in [-0.05, 0) is 44.2 Å². The largest absolute Gasteiger partial charge is 0.493 e. The predicted octanol–water partition coefficient (Wildman–Crippen LogP) is 4.19. The Bertz CT molecular complexity index is 617. The lowest BCUT2D eigenvalue weighted by Gasteiger charge is -2.15. The third-order valence-corrected chi connectivity index (χ3v) is 4.52. The van der Waals surface area contributed by atoms with Crippen LogP contribution < -0.4 is 15.4 Å². The number of hydrogen-bond donors (Lipinski definition) is 2. The summed E-state index contributed by atoms with van der Waals surface area (Å²) in [6, 6.07) is 6.32. The van der Waals surface area contributed by atoms with Crippen LogP contribution in [-0.2, 0) is 11.3 Å². The molecule has 0 unspecified atom stereocenters. The summed E-state index contributed by atoms with van der Waals surface area (Å²) in [4.78, 5) is 4.32. The Kier molecular flexibility index (Phi) is 12.2. The van der Waals surface area contributed by atoms with E-state index in [9.17, 15) is 0 Å². The number of ether oxygens (including phenoxy) is 2. The minimum atomic E-state index is 0. The summed E-state index contributed by atoms with van der Waals surface area (Å²) in [5, 5.41) is 6.79. The maximum absolute atomic E-state index is 5.95. The Balaban J connectivity index is 0.00000364. The number of aryl methyl sites for hydroxylation is 1. The number of nitrogens with zero attached hydrogens (tertiary/aromatic N) is 1. The number of hydrogen-bond acceptors (Lipinski definition) is 3. The number of guanidine groups is 1. The lowest BCUT2D eigenvalue weighted by molar-refractivity contribution is 0.172. The second kappa shape index (κ2) is 13.8. The second-order valence-corrected chi connectivity index (χ2v) is 6.66. The normalized spacial score (nSPS) is 13.7. The second-order valence-electron chi connectivity index (χ2n) is 6.66. The van der Waals surface area contributed by atoms with Crippen LogP contribution in [0.4, 0.5) is 0 Å². The van der Waals surface area contributed by atoms with Crippen molar-refractivity contribution < 1.29 is 9.47 Å². The van der Waals surface area contributed by atoms with Gasteiger partial charge in [0.1, 0.15) is 5.75 Å². The highest BCUT2D eigenvalue weighted by molar-refractivity contribution is 14.0. The van der Waals surface area contributed by atoms with Crippen molar-refractivity contribution in [3.63, 3.8) is 0 Å². The molecule has 0 radical (unpaired) electrons. The van der Waals surface area contributed by atoms with Gasteiger partial charge in [-0.2, -0.15) is 0 Å². The van der Waals surface area contributed by atoms with Gasteiger partial charge in [0.2, 0.25) is 0 Å². The van der Waals surface area contributed by atoms with Crippen LogP contribution in [0.3, 0.4) is 0 Å². The van der Waals surface area contributed by atoms with Crippen LogP contribution in [0.2, 0.25) is 0 Å². The fourth-order valence-electron chi connectivity index (χ4n) is 3.03. The minimum Gasteiger partial charge on any atom is -0.493 e. The first-order valence-corrected chi connectivity index (χ1v) is 9.56. The molecule has 1 aliphatic carbocycles. The zero-order valence-corrected chi connectivity index (χ0v) is 19.2. The lowest BCUT2D eigenvalue weighted by Crippen LogP contribution is -2.37. The van der Waals surface area contributed by atoms with Gasteiger partial charge >= 0.3 is 0 Å². The Labute approximate surface area is 181 Å². The summed E-state index contributed by atoms with van der Waals surface area (Å²) in [7, 11) is 3.52. The van der Waals surface area contributed by atoms with E-state index < -0.39 is 0 Å². The number of aliphatic imine (C=N–C) groups is 1. The summed E-state index contributed by atoms with van der Waals surface area (Å²) in [6.45, 7) is 5.05. The average Bonchev–Trinajstić information content (AvgIpc) is 3.16. The van der Waals surface area contributed by atoms with Crippen LogP contribution in [0.25, 0.3) is 0 Å². The van der Waals surface area contributed by atoms with E-state index in [2.05, 4.69) is 46.8 Å². The molecule has 5 nitrogen and oxygen atoms in total. The van der Waals surface area contributed by atoms with Crippen molar-refractivity contribution in [2.24, 2.45) is 4.99 Å². The Hall–Kier alpha value is -1.28. The van der Waals surface area contributed by atoms with Crippen molar-refractivity contribution in [1.82, 2.24) is 10.6 Å². The molecule has 0 spiro atoms. The van der Waals surface area contributed by atoms with E-state index in [4.69, 9.17) is 9.47 Å². The van der Waals surface area contributed by atoms with Crippen molar-refractivity contribution in [2.45, 2.75) is 45.6 Å². The smallest absolute Gasteiger partial charge is 0.191 e. The zero-order chi connectivity index (χ0) is 18.6. The van der Waals surface area contributed by atoms with Crippen molar-refractivity contribution in [2.75, 3.05) is 33.9 Å². The van der Waals surface area contributed by atoms with Crippen LogP contribution in [0.15, 0.2) is 34.8 Å². The number of allylic oxidation sites excluding steroid dienone is 1. The molecule has 1 aromatic carbocycles. The molecule has 0 heterocycles. The van der Waals surface area contributed by atoms with Crippen LogP contribution >= 0.6 is 24.0 Å². The molecule has 1 aliphatic rings. The highest BCUT2D eigenvalue weighted by Crippen LogP contribution is 2.21. The summed E-state index contributed by atoms with van der Waals surface area (Å²) in [6.07, 6.45) is 8.15. The Morgan fingerprint density at radius 3 is 2.78 bits per heavy atom. The van der Waals surface area contributed by atoms with Gasteiger partial charge in [0.15, 0.2) is 5.96 Å². The third kappa shape index (κ3) is 8.97. The summed E-state index contributed by atoms with van der Waals surface area (Å²) in [5.41, 5.74) is 3.90. The van der Waals surface area contributed by atoms with E-state index in [1.165, 1.54) is 24.8 Å². The van der Waals surface area contributed by atoms with Gasteiger partial charge < -0.3 is 20.1 Å². The molecule has 1 aromatic rings. The monoisotopic (exact) mass is 487 g/mol. The lowest BCUT2D eigenvalue weighted by atomic mass is 10.1. The predicted molar refractivity (Wildman–Crippen MR) is 123 cm³/mol. The van der Waals surface area contributed by atoms with Gasteiger partial charge in [-0.3, -0.25) is 4.99 Å². The molecule has 152 valence electrons. The van der Waals surface area contributed by atoms with Crippen LogP contribution in [0.5, 0.6) is 5.75 Å². The van der Waals surface area contributed by atoms with Gasteiger partial charge in [-0.25, -0.2) is 0 Å². The molecule has 0 amide bonds. The summed E-state index contributed by atoms with van der Waals surface area (Å²) < 4.78 is 11.0.